The van der Waals surface area contributed by atoms with E-state index in [0.717, 1.165) is 24.1 Å². The van der Waals surface area contributed by atoms with Gasteiger partial charge in [0.15, 0.2) is 5.65 Å². The van der Waals surface area contributed by atoms with Crippen LogP contribution < -0.4 is 11.1 Å². The Morgan fingerprint density at radius 2 is 2.17 bits per heavy atom. The first-order valence-electron chi connectivity index (χ1n) is 8.47. The lowest BCUT2D eigenvalue weighted by Crippen LogP contribution is -2.60. The second-order valence-corrected chi connectivity index (χ2v) is 6.75. The van der Waals surface area contributed by atoms with Crippen LogP contribution in [0.1, 0.15) is 39.0 Å². The minimum atomic E-state index is 0.246. The number of anilines is 2. The molecule has 0 amide bonds. The maximum atomic E-state index is 6.06. The number of nitrogens with one attached hydrogen (secondary N) is 1. The van der Waals surface area contributed by atoms with Crippen LogP contribution in [0.15, 0.2) is 6.20 Å². The number of aryl methyl sites for hydroxylation is 1. The number of hydrogen-bond acceptors (Lipinski definition) is 6. The van der Waals surface area contributed by atoms with E-state index >= 15 is 0 Å². The number of nitrogen functional groups attached to an aromatic ring is 1. The van der Waals surface area contributed by atoms with Crippen molar-refractivity contribution in [2.24, 2.45) is 12.5 Å². The van der Waals surface area contributed by atoms with Gasteiger partial charge in [-0.15, -0.1) is 0 Å². The molecule has 4 rings (SSSR count). The topological polar surface area (TPSA) is 90.9 Å². The van der Waals surface area contributed by atoms with E-state index in [0.29, 0.717) is 23.9 Å². The highest BCUT2D eigenvalue weighted by atomic mass is 16.5. The maximum Gasteiger partial charge on any atom is 0.226 e. The van der Waals surface area contributed by atoms with E-state index in [-0.39, 0.29) is 5.41 Å². The van der Waals surface area contributed by atoms with Gasteiger partial charge < -0.3 is 15.8 Å². The van der Waals surface area contributed by atoms with Gasteiger partial charge in [0.25, 0.3) is 0 Å². The van der Waals surface area contributed by atoms with Crippen molar-refractivity contribution >= 4 is 22.8 Å². The molecule has 2 fully saturated rings. The van der Waals surface area contributed by atoms with Crippen molar-refractivity contribution in [3.05, 3.63) is 6.20 Å². The summed E-state index contributed by atoms with van der Waals surface area (Å²) in [7, 11) is 1.87. The van der Waals surface area contributed by atoms with Crippen LogP contribution in [-0.2, 0) is 11.8 Å². The lowest BCUT2D eigenvalue weighted by Gasteiger charge is -2.54. The molecule has 7 nitrogen and oxygen atoms in total. The SMILES string of the molecule is CCO[C@H]1C[C@@H](Nc2nc(N)c3cnn(C)c3n2)C12CCCC2. The van der Waals surface area contributed by atoms with Gasteiger partial charge in [0.05, 0.1) is 17.7 Å². The normalized spacial score (nSPS) is 25.8. The van der Waals surface area contributed by atoms with E-state index in [1.54, 1.807) is 10.9 Å². The monoisotopic (exact) mass is 316 g/mol. The number of nitrogens with two attached hydrogens (primary N) is 1. The van der Waals surface area contributed by atoms with Crippen LogP contribution in [0.2, 0.25) is 0 Å². The Balaban J connectivity index is 1.59. The van der Waals surface area contributed by atoms with Crippen LogP contribution in [0.5, 0.6) is 0 Å². The van der Waals surface area contributed by atoms with Crippen molar-refractivity contribution in [1.29, 1.82) is 0 Å². The standard InChI is InChI=1S/C16H24N6O/c1-3-23-12-8-11(16(12)6-4-5-7-16)19-15-20-13(17)10-9-18-22(2)14(10)21-15/h9,11-12H,3-8H2,1-2H3,(H3,17,19,20,21)/t11-,12+/m1/s1. The number of aromatic nitrogens is 4. The summed E-state index contributed by atoms with van der Waals surface area (Å²) in [6.07, 6.45) is 8.10. The Morgan fingerprint density at radius 1 is 1.39 bits per heavy atom. The zero-order valence-corrected chi connectivity index (χ0v) is 13.7. The quantitative estimate of drug-likeness (QED) is 0.897. The first-order valence-corrected chi connectivity index (χ1v) is 8.47. The molecule has 23 heavy (non-hydrogen) atoms. The molecular formula is C16H24N6O. The summed E-state index contributed by atoms with van der Waals surface area (Å²) in [6, 6.07) is 0.367. The van der Waals surface area contributed by atoms with E-state index in [2.05, 4.69) is 27.3 Å². The Kier molecular flexibility index (Phi) is 3.41. The van der Waals surface area contributed by atoms with E-state index in [9.17, 15) is 0 Å². The first-order chi connectivity index (χ1) is 11.1. The minimum absolute atomic E-state index is 0.246. The summed E-state index contributed by atoms with van der Waals surface area (Å²) in [4.78, 5) is 9.02. The Labute approximate surface area is 135 Å². The average Bonchev–Trinajstić information content (AvgIpc) is 3.16. The van der Waals surface area contributed by atoms with Crippen LogP contribution in [0.4, 0.5) is 11.8 Å². The van der Waals surface area contributed by atoms with Gasteiger partial charge in [-0.1, -0.05) is 12.8 Å². The second-order valence-electron chi connectivity index (χ2n) is 6.75. The highest BCUT2D eigenvalue weighted by Crippen LogP contribution is 2.55. The lowest BCUT2D eigenvalue weighted by molar-refractivity contribution is -0.114. The molecule has 0 aliphatic heterocycles. The number of rotatable bonds is 4. The van der Waals surface area contributed by atoms with Crippen molar-refractivity contribution in [3.8, 4) is 0 Å². The molecule has 2 atom stereocenters. The third-order valence-electron chi connectivity index (χ3n) is 5.61. The zero-order valence-electron chi connectivity index (χ0n) is 13.7. The number of hydrogen-bond donors (Lipinski definition) is 2. The van der Waals surface area contributed by atoms with Crippen LogP contribution in [0, 0.1) is 5.41 Å². The fourth-order valence-electron chi connectivity index (χ4n) is 4.35. The summed E-state index contributed by atoms with van der Waals surface area (Å²) in [5, 5.41) is 8.53. The predicted octanol–water partition coefficient (Wildman–Crippen LogP) is 2.10. The molecule has 124 valence electrons. The number of nitrogens with zero attached hydrogens (tertiary/aromatic N) is 4. The number of fused-ring (bicyclic) bond motifs is 1. The van der Waals surface area contributed by atoms with Gasteiger partial charge >= 0.3 is 0 Å². The number of ether oxygens (including phenoxy) is 1. The van der Waals surface area contributed by atoms with Crippen LogP contribution in [-0.4, -0.2) is 38.5 Å². The molecule has 0 bridgehead atoms. The van der Waals surface area contributed by atoms with Gasteiger partial charge in [-0.25, -0.2) is 0 Å². The molecule has 2 aliphatic rings. The highest BCUT2D eigenvalue weighted by molar-refractivity contribution is 5.86. The fraction of sp³-hybridized carbons (Fsp3) is 0.688. The summed E-state index contributed by atoms with van der Waals surface area (Å²) in [5.41, 5.74) is 7.07. The first kappa shape index (κ1) is 14.7. The molecule has 2 aromatic rings. The van der Waals surface area contributed by atoms with Crippen LogP contribution in [0.3, 0.4) is 0 Å². The minimum Gasteiger partial charge on any atom is -0.383 e. The third kappa shape index (κ3) is 2.17. The van der Waals surface area contributed by atoms with Crippen LogP contribution >= 0.6 is 0 Å². The Morgan fingerprint density at radius 3 is 2.91 bits per heavy atom. The van der Waals surface area contributed by atoms with Gasteiger partial charge in [0.1, 0.15) is 5.82 Å². The average molecular weight is 316 g/mol. The Hall–Kier alpha value is -1.89. The molecule has 2 aromatic heterocycles. The lowest BCUT2D eigenvalue weighted by atomic mass is 9.60. The summed E-state index contributed by atoms with van der Waals surface area (Å²) < 4.78 is 7.69. The molecular weight excluding hydrogens is 292 g/mol. The molecule has 2 heterocycles. The van der Waals surface area contributed by atoms with Crippen molar-refractivity contribution < 1.29 is 4.74 Å². The fourth-order valence-corrected chi connectivity index (χ4v) is 4.35. The van der Waals surface area contributed by atoms with Crippen molar-refractivity contribution in [3.63, 3.8) is 0 Å². The van der Waals surface area contributed by atoms with E-state index in [4.69, 9.17) is 10.5 Å². The molecule has 0 aromatic carbocycles. The third-order valence-corrected chi connectivity index (χ3v) is 5.61. The van der Waals surface area contributed by atoms with Gasteiger partial charge in [-0.05, 0) is 26.2 Å². The highest BCUT2D eigenvalue weighted by Gasteiger charge is 2.56. The molecule has 3 N–H and O–H groups in total. The van der Waals surface area contributed by atoms with E-state index in [1.807, 2.05) is 7.05 Å². The van der Waals surface area contributed by atoms with Crippen LogP contribution in [0.25, 0.3) is 11.0 Å². The maximum absolute atomic E-state index is 6.06. The van der Waals surface area contributed by atoms with Gasteiger partial charge in [-0.3, -0.25) is 4.68 Å². The largest absolute Gasteiger partial charge is 0.383 e. The zero-order chi connectivity index (χ0) is 16.0. The molecule has 0 unspecified atom stereocenters. The molecule has 0 radical (unpaired) electrons. The van der Waals surface area contributed by atoms with Gasteiger partial charge in [0, 0.05) is 25.1 Å². The Bertz CT molecular complexity index is 721. The van der Waals surface area contributed by atoms with E-state index < -0.39 is 0 Å². The van der Waals surface area contributed by atoms with Gasteiger partial charge in [0.2, 0.25) is 5.95 Å². The van der Waals surface area contributed by atoms with Crippen molar-refractivity contribution in [2.45, 2.75) is 51.2 Å². The summed E-state index contributed by atoms with van der Waals surface area (Å²) in [6.45, 7) is 2.85. The molecule has 2 saturated carbocycles. The van der Waals surface area contributed by atoms with Crippen molar-refractivity contribution in [2.75, 3.05) is 17.7 Å². The van der Waals surface area contributed by atoms with Gasteiger partial charge in [-0.2, -0.15) is 15.1 Å². The second kappa shape index (κ2) is 5.33. The van der Waals surface area contributed by atoms with E-state index in [1.165, 1.54) is 25.7 Å². The molecule has 7 heteroatoms. The van der Waals surface area contributed by atoms with Crippen molar-refractivity contribution in [1.82, 2.24) is 19.7 Å². The summed E-state index contributed by atoms with van der Waals surface area (Å²) >= 11 is 0. The molecule has 2 aliphatic carbocycles. The molecule has 0 saturated heterocycles. The smallest absolute Gasteiger partial charge is 0.226 e. The molecule has 1 spiro atoms. The predicted molar refractivity (Wildman–Crippen MR) is 89.1 cm³/mol. The summed E-state index contributed by atoms with van der Waals surface area (Å²) in [5.74, 6) is 1.08.